The molecule has 2 N–H and O–H groups in total. The Morgan fingerprint density at radius 2 is 2.00 bits per heavy atom. The van der Waals surface area contributed by atoms with Crippen molar-refractivity contribution >= 4 is 11.4 Å². The number of benzene rings is 1. The lowest BCUT2D eigenvalue weighted by molar-refractivity contribution is 0.293. The van der Waals surface area contributed by atoms with Gasteiger partial charge < -0.3 is 10.6 Å². The van der Waals surface area contributed by atoms with Gasteiger partial charge in [0, 0.05) is 13.1 Å². The van der Waals surface area contributed by atoms with Gasteiger partial charge in [-0.1, -0.05) is 26.0 Å². The molecule has 15 heavy (non-hydrogen) atoms. The van der Waals surface area contributed by atoms with Gasteiger partial charge >= 0.3 is 0 Å². The summed E-state index contributed by atoms with van der Waals surface area (Å²) in [7, 11) is 0. The first-order valence-corrected chi connectivity index (χ1v) is 5.68. The molecule has 0 aromatic heterocycles. The van der Waals surface area contributed by atoms with Crippen LogP contribution in [0.2, 0.25) is 0 Å². The molecule has 0 amide bonds. The predicted molar refractivity (Wildman–Crippen MR) is 66.1 cm³/mol. The summed E-state index contributed by atoms with van der Waals surface area (Å²) in [6.45, 7) is 6.91. The standard InChI is InChI=1S/C13H20N2/c1-13(2)8-5-9-15(10-13)12-7-4-3-6-11(12)14/h3-4,6-7H,5,8-10,14H2,1-2H3. The number of para-hydroxylation sites is 2. The number of nitrogen functional groups attached to an aromatic ring is 1. The van der Waals surface area contributed by atoms with Gasteiger partial charge in [-0.2, -0.15) is 0 Å². The smallest absolute Gasteiger partial charge is 0.0600 e. The highest BCUT2D eigenvalue weighted by Gasteiger charge is 2.26. The van der Waals surface area contributed by atoms with E-state index < -0.39 is 0 Å². The molecule has 0 saturated carbocycles. The molecular formula is C13H20N2. The molecule has 1 fully saturated rings. The summed E-state index contributed by atoms with van der Waals surface area (Å²) < 4.78 is 0. The zero-order valence-corrected chi connectivity index (χ0v) is 9.66. The van der Waals surface area contributed by atoms with Gasteiger partial charge in [-0.25, -0.2) is 0 Å². The first-order chi connectivity index (χ1) is 7.08. The minimum Gasteiger partial charge on any atom is -0.397 e. The molecule has 0 unspecified atom stereocenters. The Kier molecular flexibility index (Phi) is 2.59. The van der Waals surface area contributed by atoms with E-state index >= 15 is 0 Å². The number of piperidine rings is 1. The molecule has 2 nitrogen and oxygen atoms in total. The number of hydrogen-bond donors (Lipinski definition) is 1. The predicted octanol–water partition coefficient (Wildman–Crippen LogP) is 2.90. The van der Waals surface area contributed by atoms with Crippen molar-refractivity contribution in [1.29, 1.82) is 0 Å². The molecule has 1 aromatic rings. The average Bonchev–Trinajstić information content (AvgIpc) is 2.17. The second-order valence-corrected chi connectivity index (χ2v) is 5.25. The number of hydrogen-bond acceptors (Lipinski definition) is 2. The van der Waals surface area contributed by atoms with Gasteiger partial charge in [0.25, 0.3) is 0 Å². The van der Waals surface area contributed by atoms with Crippen molar-refractivity contribution in [3.8, 4) is 0 Å². The second kappa shape index (κ2) is 3.76. The molecule has 0 atom stereocenters. The van der Waals surface area contributed by atoms with Gasteiger partial charge in [0.1, 0.15) is 0 Å². The third-order valence-corrected chi connectivity index (χ3v) is 3.18. The lowest BCUT2D eigenvalue weighted by Crippen LogP contribution is -2.40. The van der Waals surface area contributed by atoms with E-state index in [4.69, 9.17) is 5.73 Å². The Balaban J connectivity index is 2.21. The van der Waals surface area contributed by atoms with Gasteiger partial charge in [-0.3, -0.25) is 0 Å². The first kappa shape index (κ1) is 10.3. The Bertz CT molecular complexity index is 344. The van der Waals surface area contributed by atoms with Crippen LogP contribution in [0.5, 0.6) is 0 Å². The van der Waals surface area contributed by atoms with E-state index in [-0.39, 0.29) is 0 Å². The number of nitrogens with zero attached hydrogens (tertiary/aromatic N) is 1. The van der Waals surface area contributed by atoms with Crippen LogP contribution in [0.15, 0.2) is 24.3 Å². The summed E-state index contributed by atoms with van der Waals surface area (Å²) in [5, 5.41) is 0. The van der Waals surface area contributed by atoms with E-state index in [0.29, 0.717) is 5.41 Å². The van der Waals surface area contributed by atoms with E-state index in [2.05, 4.69) is 30.9 Å². The van der Waals surface area contributed by atoms with Crippen LogP contribution in [0.4, 0.5) is 11.4 Å². The summed E-state index contributed by atoms with van der Waals surface area (Å²) in [6.07, 6.45) is 2.58. The molecule has 2 heteroatoms. The molecule has 1 aromatic carbocycles. The van der Waals surface area contributed by atoms with Crippen LogP contribution in [0, 0.1) is 5.41 Å². The molecular weight excluding hydrogens is 184 g/mol. The van der Waals surface area contributed by atoms with Crippen molar-refractivity contribution < 1.29 is 0 Å². The SMILES string of the molecule is CC1(C)CCCN(c2ccccc2N)C1. The van der Waals surface area contributed by atoms with Crippen molar-refractivity contribution in [3.05, 3.63) is 24.3 Å². The van der Waals surface area contributed by atoms with Gasteiger partial charge in [-0.05, 0) is 30.4 Å². The molecule has 0 radical (unpaired) electrons. The fourth-order valence-corrected chi connectivity index (χ4v) is 2.40. The summed E-state index contributed by atoms with van der Waals surface area (Å²) in [6, 6.07) is 8.16. The molecule has 0 bridgehead atoms. The fourth-order valence-electron chi connectivity index (χ4n) is 2.40. The highest BCUT2D eigenvalue weighted by atomic mass is 15.1. The number of rotatable bonds is 1. The van der Waals surface area contributed by atoms with Crippen LogP contribution in [0.25, 0.3) is 0 Å². The average molecular weight is 204 g/mol. The highest BCUT2D eigenvalue weighted by molar-refractivity contribution is 5.67. The molecule has 0 aliphatic carbocycles. The van der Waals surface area contributed by atoms with Crippen LogP contribution in [0.3, 0.4) is 0 Å². The van der Waals surface area contributed by atoms with E-state index in [9.17, 15) is 0 Å². The Labute approximate surface area is 92.1 Å². The lowest BCUT2D eigenvalue weighted by atomic mass is 9.84. The largest absolute Gasteiger partial charge is 0.397 e. The maximum absolute atomic E-state index is 6.00. The fraction of sp³-hybridized carbons (Fsp3) is 0.538. The summed E-state index contributed by atoms with van der Waals surface area (Å²) in [4.78, 5) is 2.42. The van der Waals surface area contributed by atoms with Crippen molar-refractivity contribution in [1.82, 2.24) is 0 Å². The zero-order valence-electron chi connectivity index (χ0n) is 9.66. The molecule has 2 rings (SSSR count). The quantitative estimate of drug-likeness (QED) is 0.713. The second-order valence-electron chi connectivity index (χ2n) is 5.25. The van der Waals surface area contributed by atoms with Gasteiger partial charge in [-0.15, -0.1) is 0 Å². The van der Waals surface area contributed by atoms with Crippen LogP contribution in [-0.4, -0.2) is 13.1 Å². The van der Waals surface area contributed by atoms with Crippen LogP contribution >= 0.6 is 0 Å². The maximum Gasteiger partial charge on any atom is 0.0600 e. The summed E-state index contributed by atoms with van der Waals surface area (Å²) in [5.41, 5.74) is 8.51. The van der Waals surface area contributed by atoms with Crippen molar-refractivity contribution in [3.63, 3.8) is 0 Å². The minimum atomic E-state index is 0.417. The van der Waals surface area contributed by atoms with Crippen molar-refractivity contribution in [2.75, 3.05) is 23.7 Å². The molecule has 1 heterocycles. The third kappa shape index (κ3) is 2.25. The molecule has 0 spiro atoms. The van der Waals surface area contributed by atoms with E-state index in [1.807, 2.05) is 12.1 Å². The first-order valence-electron chi connectivity index (χ1n) is 5.68. The Morgan fingerprint density at radius 1 is 1.27 bits per heavy atom. The minimum absolute atomic E-state index is 0.417. The van der Waals surface area contributed by atoms with Crippen molar-refractivity contribution in [2.24, 2.45) is 5.41 Å². The molecule has 1 aliphatic heterocycles. The maximum atomic E-state index is 6.00. The van der Waals surface area contributed by atoms with Crippen LogP contribution < -0.4 is 10.6 Å². The molecule has 82 valence electrons. The van der Waals surface area contributed by atoms with Crippen LogP contribution in [0.1, 0.15) is 26.7 Å². The van der Waals surface area contributed by atoms with E-state index in [0.717, 1.165) is 18.8 Å². The Hall–Kier alpha value is -1.18. The Morgan fingerprint density at radius 3 is 2.67 bits per heavy atom. The van der Waals surface area contributed by atoms with E-state index in [1.165, 1.54) is 18.5 Å². The molecule has 1 saturated heterocycles. The normalized spacial score (nSPS) is 20.3. The number of nitrogens with two attached hydrogens (primary N) is 1. The van der Waals surface area contributed by atoms with Crippen LogP contribution in [-0.2, 0) is 0 Å². The third-order valence-electron chi connectivity index (χ3n) is 3.18. The topological polar surface area (TPSA) is 29.3 Å². The molecule has 1 aliphatic rings. The van der Waals surface area contributed by atoms with Crippen molar-refractivity contribution in [2.45, 2.75) is 26.7 Å². The summed E-state index contributed by atoms with van der Waals surface area (Å²) in [5.74, 6) is 0. The van der Waals surface area contributed by atoms with Gasteiger partial charge in [0.15, 0.2) is 0 Å². The highest BCUT2D eigenvalue weighted by Crippen LogP contribution is 2.33. The lowest BCUT2D eigenvalue weighted by Gasteiger charge is -2.39. The summed E-state index contributed by atoms with van der Waals surface area (Å²) >= 11 is 0. The van der Waals surface area contributed by atoms with E-state index in [1.54, 1.807) is 0 Å². The van der Waals surface area contributed by atoms with Gasteiger partial charge in [0.05, 0.1) is 11.4 Å². The monoisotopic (exact) mass is 204 g/mol. The van der Waals surface area contributed by atoms with Gasteiger partial charge in [0.2, 0.25) is 0 Å². The number of anilines is 2. The zero-order chi connectivity index (χ0) is 10.9.